The molecule has 1 N–H and O–H groups in total. The van der Waals surface area contributed by atoms with Crippen LogP contribution in [0, 0.1) is 0 Å². The Kier molecular flexibility index (Phi) is 6.68. The van der Waals surface area contributed by atoms with Gasteiger partial charge >= 0.3 is 0 Å². The summed E-state index contributed by atoms with van der Waals surface area (Å²) in [5.41, 5.74) is 4.45. The van der Waals surface area contributed by atoms with Crippen LogP contribution in [0.5, 0.6) is 0 Å². The van der Waals surface area contributed by atoms with Crippen LogP contribution in [0.4, 0.5) is 0 Å². The second-order valence-electron chi connectivity index (χ2n) is 5.60. The molecule has 3 heteroatoms. The highest BCUT2D eigenvalue weighted by molar-refractivity contribution is 5.35. The summed E-state index contributed by atoms with van der Waals surface area (Å²) < 4.78 is 11.6. The van der Waals surface area contributed by atoms with Crippen molar-refractivity contribution in [3.63, 3.8) is 0 Å². The van der Waals surface area contributed by atoms with E-state index in [0.717, 1.165) is 13.0 Å². The first-order valence-corrected chi connectivity index (χ1v) is 8.35. The number of benzene rings is 1. The molecule has 0 amide bonds. The fourth-order valence-corrected chi connectivity index (χ4v) is 3.14. The van der Waals surface area contributed by atoms with Gasteiger partial charge in [-0.2, -0.15) is 0 Å². The van der Waals surface area contributed by atoms with E-state index in [2.05, 4.69) is 30.4 Å². The van der Waals surface area contributed by atoms with Crippen LogP contribution < -0.4 is 5.32 Å². The molecule has 0 saturated heterocycles. The molecule has 0 heterocycles. The average Bonchev–Trinajstić information content (AvgIpc) is 2.94. The summed E-state index contributed by atoms with van der Waals surface area (Å²) in [5, 5.41) is 3.52. The highest BCUT2D eigenvalue weighted by Gasteiger charge is 2.22. The lowest BCUT2D eigenvalue weighted by atomic mass is 10.0. The van der Waals surface area contributed by atoms with Gasteiger partial charge in [-0.05, 0) is 62.8 Å². The molecule has 1 aliphatic carbocycles. The summed E-state index contributed by atoms with van der Waals surface area (Å²) in [6, 6.07) is 7.15. The van der Waals surface area contributed by atoms with Gasteiger partial charge in [0.1, 0.15) is 0 Å². The third kappa shape index (κ3) is 4.53. The number of rotatable bonds is 9. The van der Waals surface area contributed by atoms with E-state index in [1.54, 1.807) is 0 Å². The van der Waals surface area contributed by atoms with E-state index in [0.29, 0.717) is 13.2 Å². The average molecular weight is 291 g/mol. The predicted octanol–water partition coefficient (Wildman–Crippen LogP) is 3.10. The smallest absolute Gasteiger partial charge is 0.172 e. The Morgan fingerprint density at radius 2 is 1.76 bits per heavy atom. The van der Waals surface area contributed by atoms with Crippen molar-refractivity contribution in [2.24, 2.45) is 0 Å². The Morgan fingerprint density at radius 1 is 1.05 bits per heavy atom. The molecule has 1 aromatic rings. The predicted molar refractivity (Wildman–Crippen MR) is 86.7 cm³/mol. The lowest BCUT2D eigenvalue weighted by Crippen LogP contribution is -2.44. The van der Waals surface area contributed by atoms with Crippen LogP contribution in [0.25, 0.3) is 0 Å². The van der Waals surface area contributed by atoms with Crippen molar-refractivity contribution in [3.8, 4) is 0 Å². The second kappa shape index (κ2) is 8.52. The van der Waals surface area contributed by atoms with Crippen molar-refractivity contribution < 1.29 is 9.47 Å². The molecule has 118 valence electrons. The minimum absolute atomic E-state index is 0.173. The maximum atomic E-state index is 5.78. The first-order chi connectivity index (χ1) is 10.3. The number of fused-ring (bicyclic) bond motifs is 1. The summed E-state index contributed by atoms with van der Waals surface area (Å²) in [4.78, 5) is 0. The molecular formula is C18H29NO2. The van der Waals surface area contributed by atoms with Gasteiger partial charge in [0, 0.05) is 13.2 Å². The molecule has 0 aliphatic heterocycles. The Bertz CT molecular complexity index is 427. The maximum Gasteiger partial charge on any atom is 0.172 e. The van der Waals surface area contributed by atoms with Gasteiger partial charge in [0.25, 0.3) is 0 Å². The zero-order valence-corrected chi connectivity index (χ0v) is 13.7. The summed E-state index contributed by atoms with van der Waals surface area (Å²) >= 11 is 0. The Hall–Kier alpha value is -0.900. The van der Waals surface area contributed by atoms with Gasteiger partial charge in [-0.1, -0.05) is 25.1 Å². The van der Waals surface area contributed by atoms with Gasteiger partial charge in [-0.25, -0.2) is 0 Å². The number of nitrogens with one attached hydrogen (secondary N) is 1. The fourth-order valence-electron chi connectivity index (χ4n) is 3.14. The van der Waals surface area contributed by atoms with Crippen molar-refractivity contribution in [1.82, 2.24) is 5.32 Å². The third-order valence-corrected chi connectivity index (χ3v) is 4.08. The number of hydrogen-bond acceptors (Lipinski definition) is 3. The number of likely N-dealkylation sites (N-methyl/N-ethyl adjacent to an activating group) is 1. The van der Waals surface area contributed by atoms with E-state index in [-0.39, 0.29) is 12.3 Å². The Morgan fingerprint density at radius 3 is 2.43 bits per heavy atom. The lowest BCUT2D eigenvalue weighted by molar-refractivity contribution is -0.153. The molecule has 2 rings (SSSR count). The molecule has 21 heavy (non-hydrogen) atoms. The zero-order chi connectivity index (χ0) is 15.1. The molecule has 0 spiro atoms. The van der Waals surface area contributed by atoms with E-state index in [1.807, 2.05) is 13.8 Å². The standard InChI is InChI=1S/C18H29NO2/c1-4-19-17(18(20-5-2)21-6-3)13-14-10-11-15-8-7-9-16(15)12-14/h10-12,17-19H,4-9,13H2,1-3H3. The minimum Gasteiger partial charge on any atom is -0.351 e. The van der Waals surface area contributed by atoms with Crippen LogP contribution in [-0.2, 0) is 28.7 Å². The molecule has 3 nitrogen and oxygen atoms in total. The maximum absolute atomic E-state index is 5.78. The van der Waals surface area contributed by atoms with Crippen LogP contribution >= 0.6 is 0 Å². The molecule has 0 radical (unpaired) electrons. The van der Waals surface area contributed by atoms with Gasteiger partial charge in [-0.3, -0.25) is 0 Å². The molecule has 1 atom stereocenters. The summed E-state index contributed by atoms with van der Waals surface area (Å²) in [7, 11) is 0. The summed E-state index contributed by atoms with van der Waals surface area (Å²) in [6.45, 7) is 8.44. The van der Waals surface area contributed by atoms with Crippen molar-refractivity contribution in [2.75, 3.05) is 19.8 Å². The number of aryl methyl sites for hydroxylation is 2. The lowest BCUT2D eigenvalue weighted by Gasteiger charge is -2.27. The van der Waals surface area contributed by atoms with Gasteiger partial charge in [0.05, 0.1) is 6.04 Å². The topological polar surface area (TPSA) is 30.5 Å². The zero-order valence-electron chi connectivity index (χ0n) is 13.7. The largest absolute Gasteiger partial charge is 0.351 e. The van der Waals surface area contributed by atoms with E-state index in [4.69, 9.17) is 9.47 Å². The van der Waals surface area contributed by atoms with Gasteiger partial charge in [-0.15, -0.1) is 0 Å². The Labute approximate surface area is 129 Å². The van der Waals surface area contributed by atoms with E-state index < -0.39 is 0 Å². The molecule has 0 bridgehead atoms. The molecule has 1 unspecified atom stereocenters. The first-order valence-electron chi connectivity index (χ1n) is 8.35. The molecule has 0 saturated carbocycles. The number of hydrogen-bond donors (Lipinski definition) is 1. The minimum atomic E-state index is -0.173. The van der Waals surface area contributed by atoms with Crippen LogP contribution in [0.1, 0.15) is 43.9 Å². The molecular weight excluding hydrogens is 262 g/mol. The van der Waals surface area contributed by atoms with Crippen molar-refractivity contribution >= 4 is 0 Å². The highest BCUT2D eigenvalue weighted by Crippen LogP contribution is 2.23. The van der Waals surface area contributed by atoms with Crippen molar-refractivity contribution in [2.45, 2.75) is 58.8 Å². The summed E-state index contributed by atoms with van der Waals surface area (Å²) in [6.07, 6.45) is 4.55. The first kappa shape index (κ1) is 16.5. The second-order valence-corrected chi connectivity index (χ2v) is 5.60. The highest BCUT2D eigenvalue weighted by atomic mass is 16.7. The van der Waals surface area contributed by atoms with Crippen LogP contribution in [0.3, 0.4) is 0 Å². The quantitative estimate of drug-likeness (QED) is 0.709. The van der Waals surface area contributed by atoms with Gasteiger partial charge in [0.2, 0.25) is 0 Å². The number of ether oxygens (including phenoxy) is 2. The van der Waals surface area contributed by atoms with Crippen molar-refractivity contribution in [3.05, 3.63) is 34.9 Å². The van der Waals surface area contributed by atoms with E-state index >= 15 is 0 Å². The van der Waals surface area contributed by atoms with Crippen LogP contribution in [-0.4, -0.2) is 32.1 Å². The fraction of sp³-hybridized carbons (Fsp3) is 0.667. The molecule has 0 aromatic heterocycles. The normalized spacial score (nSPS) is 15.4. The third-order valence-electron chi connectivity index (χ3n) is 4.08. The van der Waals surface area contributed by atoms with Gasteiger partial charge < -0.3 is 14.8 Å². The van der Waals surface area contributed by atoms with E-state index in [9.17, 15) is 0 Å². The SMILES string of the molecule is CCNC(Cc1ccc2c(c1)CCC2)C(OCC)OCC. The molecule has 0 fully saturated rings. The van der Waals surface area contributed by atoms with Crippen LogP contribution in [0.2, 0.25) is 0 Å². The van der Waals surface area contributed by atoms with Crippen molar-refractivity contribution in [1.29, 1.82) is 0 Å². The van der Waals surface area contributed by atoms with Crippen LogP contribution in [0.15, 0.2) is 18.2 Å². The Balaban J connectivity index is 2.07. The van der Waals surface area contributed by atoms with Gasteiger partial charge in [0.15, 0.2) is 6.29 Å². The van der Waals surface area contributed by atoms with E-state index in [1.165, 1.54) is 36.0 Å². The molecule has 1 aromatic carbocycles. The molecule has 1 aliphatic rings. The summed E-state index contributed by atoms with van der Waals surface area (Å²) in [5.74, 6) is 0. The monoisotopic (exact) mass is 291 g/mol.